The van der Waals surface area contributed by atoms with E-state index in [9.17, 15) is 9.59 Å². The molecule has 27 heavy (non-hydrogen) atoms. The largest absolute Gasteiger partial charge is 0.378 e. The van der Waals surface area contributed by atoms with E-state index in [4.69, 9.17) is 9.57 Å². The lowest BCUT2D eigenvalue weighted by molar-refractivity contribution is -0.134. The van der Waals surface area contributed by atoms with E-state index in [0.29, 0.717) is 56.5 Å². The molecule has 0 atom stereocenters. The number of aryl methyl sites for hydroxylation is 1. The summed E-state index contributed by atoms with van der Waals surface area (Å²) in [5.41, 5.74) is 4.32. The smallest absolute Gasteiger partial charge is 0.255 e. The molecule has 1 aromatic heterocycles. The van der Waals surface area contributed by atoms with Crippen LogP contribution in [0.5, 0.6) is 0 Å². The number of nitrogens with zero attached hydrogens (tertiary/aromatic N) is 2. The van der Waals surface area contributed by atoms with Gasteiger partial charge in [-0.1, -0.05) is 30.3 Å². The standard InChI is InChI=1S/C19H24N4O4/c1-14-16(18(25)21-19(20-14)23-9-11-26-12-10-23)7-8-17(24)22-27-13-15-5-3-2-4-6-15/h2-6H,7-13H2,1H3,(H,22,24)(H,20,21,25). The predicted molar refractivity (Wildman–Crippen MR) is 100 cm³/mol. The molecule has 2 heterocycles. The molecule has 2 aromatic rings. The first kappa shape index (κ1) is 19.1. The summed E-state index contributed by atoms with van der Waals surface area (Å²) in [7, 11) is 0. The molecule has 0 spiro atoms. The average Bonchev–Trinajstić information content (AvgIpc) is 2.69. The molecule has 1 amide bonds. The lowest BCUT2D eigenvalue weighted by atomic mass is 10.1. The van der Waals surface area contributed by atoms with Crippen LogP contribution in [0, 0.1) is 6.92 Å². The van der Waals surface area contributed by atoms with Gasteiger partial charge in [0, 0.05) is 30.8 Å². The van der Waals surface area contributed by atoms with Crippen molar-refractivity contribution in [2.75, 3.05) is 31.2 Å². The van der Waals surface area contributed by atoms with Crippen molar-refractivity contribution in [1.82, 2.24) is 15.4 Å². The van der Waals surface area contributed by atoms with Gasteiger partial charge in [0.1, 0.15) is 0 Å². The summed E-state index contributed by atoms with van der Waals surface area (Å²) in [6.45, 7) is 4.72. The molecule has 1 aromatic carbocycles. The van der Waals surface area contributed by atoms with Crippen molar-refractivity contribution < 1.29 is 14.4 Å². The van der Waals surface area contributed by atoms with Gasteiger partial charge in [-0.3, -0.25) is 19.4 Å². The lowest BCUT2D eigenvalue weighted by Crippen LogP contribution is -2.38. The molecule has 0 saturated carbocycles. The minimum absolute atomic E-state index is 0.150. The number of carbonyl (C=O) groups excluding carboxylic acids is 1. The Balaban J connectivity index is 1.51. The fraction of sp³-hybridized carbons (Fsp3) is 0.421. The highest BCUT2D eigenvalue weighted by atomic mass is 16.6. The summed E-state index contributed by atoms with van der Waals surface area (Å²) in [6, 6.07) is 9.56. The number of hydrogen-bond donors (Lipinski definition) is 2. The zero-order chi connectivity index (χ0) is 19.1. The molecular weight excluding hydrogens is 348 g/mol. The molecule has 8 nitrogen and oxygen atoms in total. The maximum absolute atomic E-state index is 12.4. The molecule has 1 fully saturated rings. The van der Waals surface area contributed by atoms with Crippen LogP contribution < -0.4 is 15.9 Å². The highest BCUT2D eigenvalue weighted by Crippen LogP contribution is 2.11. The third-order valence-corrected chi connectivity index (χ3v) is 4.39. The van der Waals surface area contributed by atoms with Gasteiger partial charge in [-0.2, -0.15) is 0 Å². The number of benzene rings is 1. The number of nitrogens with one attached hydrogen (secondary N) is 2. The number of aromatic amines is 1. The molecule has 0 unspecified atom stereocenters. The van der Waals surface area contributed by atoms with Gasteiger partial charge in [0.05, 0.1) is 19.8 Å². The SMILES string of the molecule is Cc1nc(N2CCOCC2)[nH]c(=O)c1CCC(=O)NOCc1ccccc1. The molecular formula is C19H24N4O4. The molecule has 3 rings (SSSR count). The van der Waals surface area contributed by atoms with Crippen LogP contribution in [0.2, 0.25) is 0 Å². The van der Waals surface area contributed by atoms with Gasteiger partial charge in [-0.25, -0.2) is 10.5 Å². The molecule has 144 valence electrons. The van der Waals surface area contributed by atoms with E-state index in [1.807, 2.05) is 35.2 Å². The van der Waals surface area contributed by atoms with Gasteiger partial charge in [-0.15, -0.1) is 0 Å². The monoisotopic (exact) mass is 372 g/mol. The molecule has 0 radical (unpaired) electrons. The highest BCUT2D eigenvalue weighted by molar-refractivity contribution is 5.75. The van der Waals surface area contributed by atoms with E-state index in [1.165, 1.54) is 0 Å². The number of amides is 1. The summed E-state index contributed by atoms with van der Waals surface area (Å²) >= 11 is 0. The van der Waals surface area contributed by atoms with Crippen LogP contribution in [0.3, 0.4) is 0 Å². The Hall–Kier alpha value is -2.71. The quantitative estimate of drug-likeness (QED) is 0.707. The van der Waals surface area contributed by atoms with Gasteiger partial charge < -0.3 is 9.64 Å². The first-order valence-corrected chi connectivity index (χ1v) is 9.00. The van der Waals surface area contributed by atoms with Crippen molar-refractivity contribution in [1.29, 1.82) is 0 Å². The van der Waals surface area contributed by atoms with Crippen LogP contribution in [0.25, 0.3) is 0 Å². The van der Waals surface area contributed by atoms with Crippen molar-refractivity contribution >= 4 is 11.9 Å². The van der Waals surface area contributed by atoms with Crippen molar-refractivity contribution in [3.05, 3.63) is 57.5 Å². The van der Waals surface area contributed by atoms with Crippen molar-refractivity contribution in [2.45, 2.75) is 26.4 Å². The van der Waals surface area contributed by atoms with Gasteiger partial charge in [0.25, 0.3) is 5.56 Å². The van der Waals surface area contributed by atoms with E-state index < -0.39 is 0 Å². The number of hydroxylamine groups is 1. The van der Waals surface area contributed by atoms with Crippen LogP contribution in [0.4, 0.5) is 5.95 Å². The number of hydrogen-bond acceptors (Lipinski definition) is 6. The topological polar surface area (TPSA) is 96.6 Å². The number of ether oxygens (including phenoxy) is 1. The van der Waals surface area contributed by atoms with Crippen LogP contribution in [-0.4, -0.2) is 42.2 Å². The Labute approximate surface area is 157 Å². The van der Waals surface area contributed by atoms with Crippen LogP contribution in [-0.2, 0) is 27.4 Å². The van der Waals surface area contributed by atoms with E-state index >= 15 is 0 Å². The highest BCUT2D eigenvalue weighted by Gasteiger charge is 2.16. The van der Waals surface area contributed by atoms with Crippen molar-refractivity contribution in [3.63, 3.8) is 0 Å². The minimum atomic E-state index is -0.276. The first-order chi connectivity index (χ1) is 13.1. The fourth-order valence-electron chi connectivity index (χ4n) is 2.88. The summed E-state index contributed by atoms with van der Waals surface area (Å²) < 4.78 is 5.31. The lowest BCUT2D eigenvalue weighted by Gasteiger charge is -2.27. The second kappa shape index (κ2) is 9.29. The van der Waals surface area contributed by atoms with Gasteiger partial charge >= 0.3 is 0 Å². The first-order valence-electron chi connectivity index (χ1n) is 9.00. The number of carbonyl (C=O) groups is 1. The Kier molecular flexibility index (Phi) is 6.56. The van der Waals surface area contributed by atoms with E-state index in [-0.39, 0.29) is 17.9 Å². The van der Waals surface area contributed by atoms with Crippen LogP contribution >= 0.6 is 0 Å². The fourth-order valence-corrected chi connectivity index (χ4v) is 2.88. The predicted octanol–water partition coefficient (Wildman–Crippen LogP) is 1.10. The third kappa shape index (κ3) is 5.38. The molecule has 1 saturated heterocycles. The van der Waals surface area contributed by atoms with Crippen molar-refractivity contribution in [3.8, 4) is 0 Å². The molecule has 0 aliphatic carbocycles. The second-order valence-corrected chi connectivity index (χ2v) is 6.35. The number of morpholine rings is 1. The third-order valence-electron chi connectivity index (χ3n) is 4.39. The van der Waals surface area contributed by atoms with Gasteiger partial charge in [0.15, 0.2) is 0 Å². The van der Waals surface area contributed by atoms with Crippen LogP contribution in [0.15, 0.2) is 35.1 Å². The zero-order valence-corrected chi connectivity index (χ0v) is 15.4. The number of aromatic nitrogens is 2. The minimum Gasteiger partial charge on any atom is -0.378 e. The average molecular weight is 372 g/mol. The van der Waals surface area contributed by atoms with E-state index in [2.05, 4.69) is 15.4 Å². The Morgan fingerprint density at radius 1 is 1.30 bits per heavy atom. The molecule has 0 bridgehead atoms. The number of anilines is 1. The number of H-pyrrole nitrogens is 1. The zero-order valence-electron chi connectivity index (χ0n) is 15.4. The second-order valence-electron chi connectivity index (χ2n) is 6.35. The number of rotatable bonds is 7. The van der Waals surface area contributed by atoms with Crippen LogP contribution in [0.1, 0.15) is 23.2 Å². The maximum atomic E-state index is 12.4. The van der Waals surface area contributed by atoms with E-state index in [0.717, 1.165) is 5.56 Å². The summed E-state index contributed by atoms with van der Waals surface area (Å²) in [5, 5.41) is 0. The summed E-state index contributed by atoms with van der Waals surface area (Å²) in [4.78, 5) is 38.9. The molecule has 1 aliphatic rings. The molecule has 8 heteroatoms. The van der Waals surface area contributed by atoms with Gasteiger partial charge in [0.2, 0.25) is 11.9 Å². The van der Waals surface area contributed by atoms with Crippen molar-refractivity contribution in [2.24, 2.45) is 0 Å². The molecule has 2 N–H and O–H groups in total. The Morgan fingerprint density at radius 2 is 2.04 bits per heavy atom. The molecule has 1 aliphatic heterocycles. The Bertz CT molecular complexity index is 816. The normalized spacial score (nSPS) is 14.2. The summed E-state index contributed by atoms with van der Waals surface area (Å²) in [6.07, 6.45) is 0.454. The van der Waals surface area contributed by atoms with Gasteiger partial charge in [-0.05, 0) is 18.9 Å². The Morgan fingerprint density at radius 3 is 2.74 bits per heavy atom. The maximum Gasteiger partial charge on any atom is 0.255 e. The summed E-state index contributed by atoms with van der Waals surface area (Å²) in [5.74, 6) is 0.280. The van der Waals surface area contributed by atoms with E-state index in [1.54, 1.807) is 6.92 Å².